The average Bonchev–Trinajstić information content (AvgIpc) is 3.23. The van der Waals surface area contributed by atoms with E-state index in [1.807, 2.05) is 54.3 Å². The summed E-state index contributed by atoms with van der Waals surface area (Å²) in [5.74, 6) is 1.90. The first-order valence-corrected chi connectivity index (χ1v) is 10.2. The number of allylic oxidation sites excluding steroid dienone is 1. The van der Waals surface area contributed by atoms with Gasteiger partial charge in [0.1, 0.15) is 11.6 Å². The fourth-order valence-electron chi connectivity index (χ4n) is 3.76. The quantitative estimate of drug-likeness (QED) is 0.550. The first-order chi connectivity index (χ1) is 13.6. The van der Waals surface area contributed by atoms with Gasteiger partial charge in [-0.2, -0.15) is 0 Å². The summed E-state index contributed by atoms with van der Waals surface area (Å²) in [6.45, 7) is 7.81. The van der Waals surface area contributed by atoms with Gasteiger partial charge in [0.2, 0.25) is 5.91 Å². The Balaban J connectivity index is 1.64. The molecule has 1 saturated heterocycles. The van der Waals surface area contributed by atoms with Crippen LogP contribution in [0.4, 0.5) is 5.69 Å². The molecule has 0 N–H and O–H groups in total. The van der Waals surface area contributed by atoms with Crippen LogP contribution in [-0.4, -0.2) is 28.6 Å². The molecule has 1 fully saturated rings. The van der Waals surface area contributed by atoms with Crippen LogP contribution in [0.1, 0.15) is 25.1 Å². The zero-order valence-electron chi connectivity index (χ0n) is 15.8. The molecule has 28 heavy (non-hydrogen) atoms. The van der Waals surface area contributed by atoms with E-state index in [1.165, 1.54) is 0 Å². The fourth-order valence-corrected chi connectivity index (χ4v) is 4.01. The van der Waals surface area contributed by atoms with E-state index in [-0.39, 0.29) is 11.8 Å². The number of anilines is 1. The first-order valence-electron chi connectivity index (χ1n) is 9.38. The molecule has 0 aliphatic carbocycles. The standard InChI is InChI=1S/C22H22BrN3O2/c1-3-28-18-10-8-17(9-11-18)25-14-16(12-21(25)27)22-24-19-6-4-5-7-20(19)26(22)13-15(2)23/h4-11,16H,2-3,12-14H2,1H3/t16-/m1/s1. The van der Waals surface area contributed by atoms with Crippen molar-refractivity contribution < 1.29 is 9.53 Å². The summed E-state index contributed by atoms with van der Waals surface area (Å²) in [6, 6.07) is 15.7. The molecule has 0 saturated carbocycles. The Hall–Kier alpha value is -2.60. The molecule has 1 aliphatic heterocycles. The summed E-state index contributed by atoms with van der Waals surface area (Å²) in [5, 5.41) is 0. The van der Waals surface area contributed by atoms with Crippen LogP contribution in [0.5, 0.6) is 5.75 Å². The van der Waals surface area contributed by atoms with Gasteiger partial charge in [0.05, 0.1) is 24.2 Å². The van der Waals surface area contributed by atoms with Crippen molar-refractivity contribution in [2.24, 2.45) is 0 Å². The molecule has 5 nitrogen and oxygen atoms in total. The summed E-state index contributed by atoms with van der Waals surface area (Å²) in [4.78, 5) is 19.4. The molecule has 0 spiro atoms. The molecule has 1 aliphatic rings. The molecule has 2 heterocycles. The van der Waals surface area contributed by atoms with Crippen molar-refractivity contribution in [3.8, 4) is 5.75 Å². The van der Waals surface area contributed by atoms with Crippen molar-refractivity contribution in [3.05, 3.63) is 65.4 Å². The van der Waals surface area contributed by atoms with E-state index in [0.29, 0.717) is 26.1 Å². The van der Waals surface area contributed by atoms with Crippen LogP contribution in [0.2, 0.25) is 0 Å². The SMILES string of the molecule is C=C(Br)Cn1c([C@@H]2CC(=O)N(c3ccc(OCC)cc3)C2)nc2ccccc21. The smallest absolute Gasteiger partial charge is 0.227 e. The zero-order chi connectivity index (χ0) is 19.7. The minimum atomic E-state index is 0.0401. The van der Waals surface area contributed by atoms with Gasteiger partial charge in [0, 0.05) is 29.1 Å². The number of hydrogen-bond acceptors (Lipinski definition) is 3. The van der Waals surface area contributed by atoms with Crippen LogP contribution in [0.25, 0.3) is 11.0 Å². The Bertz CT molecular complexity index is 1030. The number of nitrogens with zero attached hydrogens (tertiary/aromatic N) is 3. The number of ether oxygens (including phenoxy) is 1. The number of para-hydroxylation sites is 2. The molecule has 0 radical (unpaired) electrons. The van der Waals surface area contributed by atoms with Gasteiger partial charge >= 0.3 is 0 Å². The molecule has 144 valence electrons. The van der Waals surface area contributed by atoms with E-state index < -0.39 is 0 Å². The topological polar surface area (TPSA) is 47.4 Å². The van der Waals surface area contributed by atoms with Gasteiger partial charge in [-0.25, -0.2) is 4.98 Å². The van der Waals surface area contributed by atoms with E-state index in [4.69, 9.17) is 9.72 Å². The molecule has 1 atom stereocenters. The van der Waals surface area contributed by atoms with Gasteiger partial charge in [-0.05, 0) is 43.3 Å². The van der Waals surface area contributed by atoms with E-state index in [9.17, 15) is 4.79 Å². The second-order valence-electron chi connectivity index (χ2n) is 6.89. The maximum absolute atomic E-state index is 12.7. The Morgan fingerprint density at radius 1 is 1.25 bits per heavy atom. The van der Waals surface area contributed by atoms with Crippen molar-refractivity contribution >= 4 is 38.6 Å². The van der Waals surface area contributed by atoms with Gasteiger partial charge in [0.25, 0.3) is 0 Å². The average molecular weight is 440 g/mol. The van der Waals surface area contributed by atoms with Crippen LogP contribution < -0.4 is 9.64 Å². The number of halogens is 1. The van der Waals surface area contributed by atoms with Crippen LogP contribution in [0.15, 0.2) is 59.6 Å². The highest BCUT2D eigenvalue weighted by molar-refractivity contribution is 9.11. The lowest BCUT2D eigenvalue weighted by Gasteiger charge is -2.18. The minimum absolute atomic E-state index is 0.0401. The maximum atomic E-state index is 12.7. The van der Waals surface area contributed by atoms with Crippen LogP contribution in [0.3, 0.4) is 0 Å². The third kappa shape index (κ3) is 3.56. The molecule has 2 aromatic carbocycles. The highest BCUT2D eigenvalue weighted by Crippen LogP contribution is 2.34. The molecule has 1 aromatic heterocycles. The van der Waals surface area contributed by atoms with Crippen LogP contribution in [-0.2, 0) is 11.3 Å². The number of imidazole rings is 1. The third-order valence-corrected chi connectivity index (χ3v) is 5.21. The number of amides is 1. The highest BCUT2D eigenvalue weighted by Gasteiger charge is 2.34. The predicted octanol–water partition coefficient (Wildman–Crippen LogP) is 4.86. The largest absolute Gasteiger partial charge is 0.494 e. The zero-order valence-corrected chi connectivity index (χ0v) is 17.4. The lowest BCUT2D eigenvalue weighted by molar-refractivity contribution is -0.117. The van der Waals surface area contributed by atoms with Crippen molar-refractivity contribution in [2.45, 2.75) is 25.8 Å². The number of aromatic nitrogens is 2. The number of benzene rings is 2. The first kappa shape index (κ1) is 18.7. The number of carbonyl (C=O) groups is 1. The summed E-state index contributed by atoms with van der Waals surface area (Å²) >= 11 is 3.47. The third-order valence-electron chi connectivity index (χ3n) is 4.96. The Morgan fingerprint density at radius 2 is 2.00 bits per heavy atom. The monoisotopic (exact) mass is 439 g/mol. The van der Waals surface area contributed by atoms with E-state index >= 15 is 0 Å². The molecule has 0 unspecified atom stereocenters. The van der Waals surface area contributed by atoms with Crippen molar-refractivity contribution in [3.63, 3.8) is 0 Å². The van der Waals surface area contributed by atoms with Gasteiger partial charge in [-0.1, -0.05) is 34.6 Å². The van der Waals surface area contributed by atoms with Crippen molar-refractivity contribution in [2.75, 3.05) is 18.1 Å². The number of carbonyl (C=O) groups excluding carboxylic acids is 1. The normalized spacial score (nSPS) is 16.7. The Morgan fingerprint density at radius 3 is 2.71 bits per heavy atom. The fraction of sp³-hybridized carbons (Fsp3) is 0.273. The summed E-state index contributed by atoms with van der Waals surface area (Å²) < 4.78 is 8.54. The highest BCUT2D eigenvalue weighted by atomic mass is 79.9. The second kappa shape index (κ2) is 7.80. The maximum Gasteiger partial charge on any atom is 0.227 e. The molecular weight excluding hydrogens is 418 g/mol. The van der Waals surface area contributed by atoms with Crippen molar-refractivity contribution in [1.29, 1.82) is 0 Å². The van der Waals surface area contributed by atoms with Gasteiger partial charge in [-0.15, -0.1) is 0 Å². The Labute approximate surface area is 172 Å². The molecular formula is C22H22BrN3O2. The molecule has 3 aromatic rings. The van der Waals surface area contributed by atoms with Crippen molar-refractivity contribution in [1.82, 2.24) is 9.55 Å². The van der Waals surface area contributed by atoms with Gasteiger partial charge in [0.15, 0.2) is 0 Å². The molecule has 4 rings (SSSR count). The van der Waals surface area contributed by atoms with E-state index in [1.54, 1.807) is 0 Å². The van der Waals surface area contributed by atoms with Gasteiger partial charge in [-0.3, -0.25) is 4.79 Å². The predicted molar refractivity (Wildman–Crippen MR) is 115 cm³/mol. The number of hydrogen-bond donors (Lipinski definition) is 0. The Kier molecular flexibility index (Phi) is 5.22. The molecule has 1 amide bonds. The van der Waals surface area contributed by atoms with Gasteiger partial charge < -0.3 is 14.2 Å². The van der Waals surface area contributed by atoms with E-state index in [0.717, 1.165) is 32.8 Å². The second-order valence-corrected chi connectivity index (χ2v) is 8.02. The summed E-state index contributed by atoms with van der Waals surface area (Å²) in [7, 11) is 0. The number of fused-ring (bicyclic) bond motifs is 1. The lowest BCUT2D eigenvalue weighted by Crippen LogP contribution is -2.24. The summed E-state index contributed by atoms with van der Waals surface area (Å²) in [5.41, 5.74) is 2.90. The summed E-state index contributed by atoms with van der Waals surface area (Å²) in [6.07, 6.45) is 0.450. The minimum Gasteiger partial charge on any atom is -0.494 e. The molecule has 0 bridgehead atoms. The molecule has 6 heteroatoms. The number of rotatable bonds is 6. The van der Waals surface area contributed by atoms with E-state index in [2.05, 4.69) is 33.1 Å². The lowest BCUT2D eigenvalue weighted by atomic mass is 10.1. The van der Waals surface area contributed by atoms with Crippen LogP contribution in [0, 0.1) is 0 Å². The van der Waals surface area contributed by atoms with Crippen LogP contribution >= 0.6 is 15.9 Å².